The Balaban J connectivity index is 3.14. The van der Waals surface area contributed by atoms with Crippen molar-refractivity contribution in [2.75, 3.05) is 7.05 Å². The van der Waals surface area contributed by atoms with E-state index >= 15 is 0 Å². The Labute approximate surface area is 84.2 Å². The second kappa shape index (κ2) is 4.08. The highest BCUT2D eigenvalue weighted by molar-refractivity contribution is 7.89. The SMILES string of the molecule is CNC(C)c1cccc(S(N)(=O)=O)c1. The van der Waals surface area contributed by atoms with Gasteiger partial charge in [-0.25, -0.2) is 13.6 Å². The summed E-state index contributed by atoms with van der Waals surface area (Å²) in [5.74, 6) is 0. The van der Waals surface area contributed by atoms with Crippen LogP contribution in [0.25, 0.3) is 0 Å². The Bertz CT molecular complexity index is 415. The maximum Gasteiger partial charge on any atom is 0.238 e. The molecule has 0 aliphatic heterocycles. The summed E-state index contributed by atoms with van der Waals surface area (Å²) in [5, 5.41) is 8.04. The van der Waals surface area contributed by atoms with Crippen LogP contribution in [0.2, 0.25) is 0 Å². The Kier molecular flexibility index (Phi) is 3.25. The summed E-state index contributed by atoms with van der Waals surface area (Å²) in [6, 6.07) is 6.72. The summed E-state index contributed by atoms with van der Waals surface area (Å²) in [6.07, 6.45) is 0. The molecule has 1 rings (SSSR count). The van der Waals surface area contributed by atoms with Crippen LogP contribution in [-0.2, 0) is 10.0 Å². The molecule has 0 saturated heterocycles. The smallest absolute Gasteiger partial charge is 0.238 e. The van der Waals surface area contributed by atoms with Gasteiger partial charge in [-0.15, -0.1) is 0 Å². The van der Waals surface area contributed by atoms with Gasteiger partial charge in [0.15, 0.2) is 0 Å². The average Bonchev–Trinajstić information content (AvgIpc) is 2.15. The third-order valence-electron chi connectivity index (χ3n) is 2.12. The zero-order chi connectivity index (χ0) is 10.8. The molecule has 1 atom stereocenters. The lowest BCUT2D eigenvalue weighted by Gasteiger charge is -2.11. The van der Waals surface area contributed by atoms with Crippen LogP contribution in [0.4, 0.5) is 0 Å². The minimum atomic E-state index is -3.59. The van der Waals surface area contributed by atoms with E-state index in [9.17, 15) is 8.42 Å². The number of hydrogen-bond acceptors (Lipinski definition) is 3. The van der Waals surface area contributed by atoms with Crippen molar-refractivity contribution in [3.63, 3.8) is 0 Å². The molecule has 14 heavy (non-hydrogen) atoms. The van der Waals surface area contributed by atoms with Gasteiger partial charge in [0.1, 0.15) is 0 Å². The quantitative estimate of drug-likeness (QED) is 0.774. The summed E-state index contributed by atoms with van der Waals surface area (Å²) >= 11 is 0. The number of primary sulfonamides is 1. The third kappa shape index (κ3) is 2.54. The van der Waals surface area contributed by atoms with Crippen LogP contribution < -0.4 is 10.5 Å². The standard InChI is InChI=1S/C9H14N2O2S/c1-7(11-2)8-4-3-5-9(6-8)14(10,12)13/h3-7,11H,1-2H3,(H2,10,12,13). The van der Waals surface area contributed by atoms with E-state index in [1.807, 2.05) is 20.0 Å². The predicted octanol–water partition coefficient (Wildman–Crippen LogP) is 0.614. The molecular weight excluding hydrogens is 200 g/mol. The number of sulfonamides is 1. The molecule has 1 aromatic carbocycles. The van der Waals surface area contributed by atoms with Gasteiger partial charge in [-0.05, 0) is 31.7 Å². The second-order valence-corrected chi connectivity index (χ2v) is 4.69. The fourth-order valence-electron chi connectivity index (χ4n) is 1.13. The largest absolute Gasteiger partial charge is 0.313 e. The van der Waals surface area contributed by atoms with Crippen molar-refractivity contribution >= 4 is 10.0 Å². The molecule has 0 bridgehead atoms. The van der Waals surface area contributed by atoms with Crippen molar-refractivity contribution in [1.29, 1.82) is 0 Å². The summed E-state index contributed by atoms with van der Waals surface area (Å²) in [4.78, 5) is 0.150. The highest BCUT2D eigenvalue weighted by Crippen LogP contribution is 2.15. The molecule has 78 valence electrons. The third-order valence-corrected chi connectivity index (χ3v) is 3.03. The molecule has 0 aromatic heterocycles. The van der Waals surface area contributed by atoms with Crippen molar-refractivity contribution in [3.05, 3.63) is 29.8 Å². The minimum Gasteiger partial charge on any atom is -0.313 e. The highest BCUT2D eigenvalue weighted by Gasteiger charge is 2.09. The molecule has 0 aliphatic carbocycles. The molecule has 0 radical (unpaired) electrons. The monoisotopic (exact) mass is 214 g/mol. The number of nitrogens with two attached hydrogens (primary N) is 1. The van der Waals surface area contributed by atoms with Gasteiger partial charge in [-0.1, -0.05) is 12.1 Å². The van der Waals surface area contributed by atoms with Crippen LogP contribution in [0.5, 0.6) is 0 Å². The van der Waals surface area contributed by atoms with Gasteiger partial charge < -0.3 is 5.32 Å². The first-order valence-corrected chi connectivity index (χ1v) is 5.80. The van der Waals surface area contributed by atoms with E-state index in [0.29, 0.717) is 0 Å². The topological polar surface area (TPSA) is 72.2 Å². The van der Waals surface area contributed by atoms with E-state index in [1.165, 1.54) is 6.07 Å². The molecule has 0 spiro atoms. The first kappa shape index (κ1) is 11.2. The molecule has 0 amide bonds. The van der Waals surface area contributed by atoms with E-state index in [4.69, 9.17) is 5.14 Å². The molecule has 0 aliphatic rings. The molecule has 4 nitrogen and oxygen atoms in total. The average molecular weight is 214 g/mol. The maximum absolute atomic E-state index is 11.1. The van der Waals surface area contributed by atoms with E-state index in [0.717, 1.165) is 5.56 Å². The Morgan fingerprint density at radius 1 is 1.43 bits per heavy atom. The minimum absolute atomic E-state index is 0.108. The van der Waals surface area contributed by atoms with Crippen LogP contribution in [0.3, 0.4) is 0 Å². The second-order valence-electron chi connectivity index (χ2n) is 3.13. The lowest BCUT2D eigenvalue weighted by atomic mass is 10.1. The zero-order valence-electron chi connectivity index (χ0n) is 8.19. The molecule has 5 heteroatoms. The summed E-state index contributed by atoms with van der Waals surface area (Å²) in [7, 11) is -1.78. The fraction of sp³-hybridized carbons (Fsp3) is 0.333. The van der Waals surface area contributed by atoms with Gasteiger partial charge in [0, 0.05) is 6.04 Å². The van der Waals surface area contributed by atoms with Crippen LogP contribution in [0.15, 0.2) is 29.2 Å². The van der Waals surface area contributed by atoms with Gasteiger partial charge >= 0.3 is 0 Å². The van der Waals surface area contributed by atoms with Crippen molar-refractivity contribution in [1.82, 2.24) is 5.32 Å². The highest BCUT2D eigenvalue weighted by atomic mass is 32.2. The van der Waals surface area contributed by atoms with Crippen LogP contribution in [0.1, 0.15) is 18.5 Å². The molecule has 1 unspecified atom stereocenters. The van der Waals surface area contributed by atoms with Gasteiger partial charge in [0.25, 0.3) is 0 Å². The Morgan fingerprint density at radius 3 is 2.57 bits per heavy atom. The first-order valence-electron chi connectivity index (χ1n) is 4.25. The molecule has 0 fully saturated rings. The molecular formula is C9H14N2O2S. The van der Waals surface area contributed by atoms with Crippen LogP contribution >= 0.6 is 0 Å². The molecule has 0 saturated carbocycles. The van der Waals surface area contributed by atoms with Crippen molar-refractivity contribution < 1.29 is 8.42 Å². The lowest BCUT2D eigenvalue weighted by Crippen LogP contribution is -2.15. The van der Waals surface area contributed by atoms with Crippen LogP contribution in [-0.4, -0.2) is 15.5 Å². The fourth-order valence-corrected chi connectivity index (χ4v) is 1.70. The van der Waals surface area contributed by atoms with Crippen LogP contribution in [0, 0.1) is 0 Å². The normalized spacial score (nSPS) is 13.9. The zero-order valence-corrected chi connectivity index (χ0v) is 9.01. The molecule has 0 heterocycles. The Hall–Kier alpha value is -0.910. The molecule has 3 N–H and O–H groups in total. The number of benzene rings is 1. The number of hydrogen-bond donors (Lipinski definition) is 2. The van der Waals surface area contributed by atoms with E-state index in [-0.39, 0.29) is 10.9 Å². The van der Waals surface area contributed by atoms with Gasteiger partial charge in [0.2, 0.25) is 10.0 Å². The van der Waals surface area contributed by atoms with Gasteiger partial charge in [-0.2, -0.15) is 0 Å². The van der Waals surface area contributed by atoms with Crippen molar-refractivity contribution in [3.8, 4) is 0 Å². The van der Waals surface area contributed by atoms with E-state index in [1.54, 1.807) is 12.1 Å². The van der Waals surface area contributed by atoms with Gasteiger partial charge in [-0.3, -0.25) is 0 Å². The summed E-state index contributed by atoms with van der Waals surface area (Å²) in [6.45, 7) is 1.95. The first-order chi connectivity index (χ1) is 6.45. The van der Waals surface area contributed by atoms with Crippen molar-refractivity contribution in [2.45, 2.75) is 17.9 Å². The predicted molar refractivity (Wildman–Crippen MR) is 55.3 cm³/mol. The molecule has 1 aromatic rings. The maximum atomic E-state index is 11.1. The summed E-state index contributed by atoms with van der Waals surface area (Å²) < 4.78 is 22.1. The lowest BCUT2D eigenvalue weighted by molar-refractivity contribution is 0.596. The van der Waals surface area contributed by atoms with Crippen molar-refractivity contribution in [2.24, 2.45) is 5.14 Å². The number of nitrogens with one attached hydrogen (secondary N) is 1. The van der Waals surface area contributed by atoms with E-state index < -0.39 is 10.0 Å². The number of rotatable bonds is 3. The van der Waals surface area contributed by atoms with Gasteiger partial charge in [0.05, 0.1) is 4.90 Å². The van der Waals surface area contributed by atoms with E-state index in [2.05, 4.69) is 5.32 Å². The Morgan fingerprint density at radius 2 is 2.07 bits per heavy atom. The summed E-state index contributed by atoms with van der Waals surface area (Å²) in [5.41, 5.74) is 0.902.